The lowest BCUT2D eigenvalue weighted by Crippen LogP contribution is -2.42. The van der Waals surface area contributed by atoms with E-state index in [1.807, 2.05) is 26.0 Å². The number of piperidine rings is 1. The molecule has 0 bridgehead atoms. The molecule has 2 rings (SSSR count). The number of benzene rings is 1. The fourth-order valence-electron chi connectivity index (χ4n) is 2.20. The van der Waals surface area contributed by atoms with Crippen LogP contribution in [0.1, 0.15) is 17.5 Å². The lowest BCUT2D eigenvalue weighted by Gasteiger charge is -2.31. The third kappa shape index (κ3) is 2.24. The van der Waals surface area contributed by atoms with Gasteiger partial charge in [0.2, 0.25) is 0 Å². The molecule has 1 saturated heterocycles. The van der Waals surface area contributed by atoms with Crippen molar-refractivity contribution in [3.8, 4) is 0 Å². The van der Waals surface area contributed by atoms with Crippen LogP contribution in [0.3, 0.4) is 0 Å². The smallest absolute Gasteiger partial charge is 0.256 e. The third-order valence-corrected chi connectivity index (χ3v) is 3.07. The molecular weight excluding hydrogens is 214 g/mol. The van der Waals surface area contributed by atoms with Gasteiger partial charge in [0.25, 0.3) is 5.91 Å². The highest BCUT2D eigenvalue weighted by atomic mass is 16.3. The van der Waals surface area contributed by atoms with Crippen molar-refractivity contribution in [1.29, 1.82) is 0 Å². The first-order valence-corrected chi connectivity index (χ1v) is 5.76. The molecule has 0 radical (unpaired) electrons. The zero-order valence-corrected chi connectivity index (χ0v) is 10.2. The molecule has 3 nitrogen and oxygen atoms in total. The van der Waals surface area contributed by atoms with Crippen molar-refractivity contribution in [3.05, 3.63) is 41.5 Å². The van der Waals surface area contributed by atoms with E-state index in [2.05, 4.69) is 12.6 Å². The molecule has 1 unspecified atom stereocenters. The number of hydrogen-bond donors (Lipinski definition) is 1. The van der Waals surface area contributed by atoms with Gasteiger partial charge in [0.1, 0.15) is 0 Å². The van der Waals surface area contributed by atoms with Crippen LogP contribution in [-0.4, -0.2) is 23.7 Å². The van der Waals surface area contributed by atoms with Gasteiger partial charge in [-0.3, -0.25) is 4.79 Å². The van der Waals surface area contributed by atoms with Crippen LogP contribution in [0.5, 0.6) is 0 Å². The Kier molecular flexibility index (Phi) is 3.03. The number of aryl methyl sites for hydroxylation is 2. The molecule has 1 aromatic carbocycles. The second kappa shape index (κ2) is 4.34. The molecule has 0 aromatic heterocycles. The van der Waals surface area contributed by atoms with Crippen LogP contribution < -0.4 is 4.90 Å². The van der Waals surface area contributed by atoms with Gasteiger partial charge in [0.15, 0.2) is 0 Å². The van der Waals surface area contributed by atoms with Gasteiger partial charge in [-0.1, -0.05) is 12.6 Å². The largest absolute Gasteiger partial charge is 0.388 e. The average Bonchev–Trinajstić information content (AvgIpc) is 2.24. The lowest BCUT2D eigenvalue weighted by molar-refractivity contribution is -0.117. The molecule has 1 fully saturated rings. The van der Waals surface area contributed by atoms with E-state index in [-0.39, 0.29) is 11.5 Å². The van der Waals surface area contributed by atoms with Gasteiger partial charge in [-0.2, -0.15) is 0 Å². The second-order valence-corrected chi connectivity index (χ2v) is 4.63. The molecule has 1 aromatic rings. The standard InChI is InChI=1S/C14H17NO2/c1-9-6-10(2)8-12(7-9)15-5-4-13(16)11(3)14(15)17/h6-8,13,16H,3-5H2,1-2H3. The Morgan fingerprint density at radius 1 is 1.29 bits per heavy atom. The molecule has 1 aliphatic heterocycles. The first-order valence-electron chi connectivity index (χ1n) is 5.76. The van der Waals surface area contributed by atoms with Crippen LogP contribution in [0, 0.1) is 13.8 Å². The Morgan fingerprint density at radius 2 is 1.88 bits per heavy atom. The molecule has 17 heavy (non-hydrogen) atoms. The van der Waals surface area contributed by atoms with Gasteiger partial charge in [0, 0.05) is 17.8 Å². The molecule has 1 aliphatic rings. The summed E-state index contributed by atoms with van der Waals surface area (Å²) in [6, 6.07) is 6.04. The number of anilines is 1. The van der Waals surface area contributed by atoms with Crippen LogP contribution in [0.25, 0.3) is 0 Å². The van der Waals surface area contributed by atoms with Gasteiger partial charge < -0.3 is 10.0 Å². The van der Waals surface area contributed by atoms with Crippen molar-refractivity contribution < 1.29 is 9.90 Å². The van der Waals surface area contributed by atoms with E-state index in [0.29, 0.717) is 13.0 Å². The number of nitrogens with zero attached hydrogens (tertiary/aromatic N) is 1. The van der Waals surface area contributed by atoms with Crippen LogP contribution in [0.2, 0.25) is 0 Å². The summed E-state index contributed by atoms with van der Waals surface area (Å²) in [5.41, 5.74) is 3.44. The summed E-state index contributed by atoms with van der Waals surface area (Å²) in [4.78, 5) is 13.7. The number of amides is 1. The minimum atomic E-state index is -0.690. The number of aliphatic hydroxyl groups excluding tert-OH is 1. The van der Waals surface area contributed by atoms with E-state index in [9.17, 15) is 9.90 Å². The molecule has 0 spiro atoms. The highest BCUT2D eigenvalue weighted by molar-refractivity contribution is 6.06. The average molecular weight is 231 g/mol. The van der Waals surface area contributed by atoms with E-state index >= 15 is 0 Å². The summed E-state index contributed by atoms with van der Waals surface area (Å²) in [6.07, 6.45) is -0.137. The van der Waals surface area contributed by atoms with Crippen LogP contribution in [0.15, 0.2) is 30.4 Å². The summed E-state index contributed by atoms with van der Waals surface area (Å²) in [7, 11) is 0. The Bertz CT molecular complexity index is 459. The van der Waals surface area contributed by atoms with E-state index < -0.39 is 6.10 Å². The summed E-state index contributed by atoms with van der Waals surface area (Å²) < 4.78 is 0. The molecule has 0 saturated carbocycles. The monoisotopic (exact) mass is 231 g/mol. The molecule has 3 heteroatoms. The van der Waals surface area contributed by atoms with E-state index in [1.54, 1.807) is 4.90 Å². The van der Waals surface area contributed by atoms with E-state index in [4.69, 9.17) is 0 Å². The van der Waals surface area contributed by atoms with Gasteiger partial charge in [-0.15, -0.1) is 0 Å². The lowest BCUT2D eigenvalue weighted by atomic mass is 10.0. The van der Waals surface area contributed by atoms with Gasteiger partial charge >= 0.3 is 0 Å². The quantitative estimate of drug-likeness (QED) is 0.750. The number of aliphatic hydroxyl groups is 1. The first-order chi connectivity index (χ1) is 7.99. The van der Waals surface area contributed by atoms with Crippen molar-refractivity contribution in [2.75, 3.05) is 11.4 Å². The Morgan fingerprint density at radius 3 is 2.47 bits per heavy atom. The fourth-order valence-corrected chi connectivity index (χ4v) is 2.20. The SMILES string of the molecule is C=C1C(=O)N(c2cc(C)cc(C)c2)CCC1O. The molecular formula is C14H17NO2. The van der Waals surface area contributed by atoms with Crippen molar-refractivity contribution in [2.24, 2.45) is 0 Å². The predicted molar refractivity (Wildman–Crippen MR) is 68.0 cm³/mol. The van der Waals surface area contributed by atoms with Crippen molar-refractivity contribution in [2.45, 2.75) is 26.4 Å². The van der Waals surface area contributed by atoms with Gasteiger partial charge in [-0.25, -0.2) is 0 Å². The highest BCUT2D eigenvalue weighted by Gasteiger charge is 2.29. The van der Waals surface area contributed by atoms with Gasteiger partial charge in [0.05, 0.1) is 6.10 Å². The van der Waals surface area contributed by atoms with Crippen LogP contribution >= 0.6 is 0 Å². The minimum absolute atomic E-state index is 0.172. The molecule has 90 valence electrons. The van der Waals surface area contributed by atoms with Crippen LogP contribution in [0.4, 0.5) is 5.69 Å². The Balaban J connectivity index is 2.34. The summed E-state index contributed by atoms with van der Waals surface area (Å²) in [6.45, 7) is 8.22. The molecule has 1 N–H and O–H groups in total. The molecule has 1 heterocycles. The van der Waals surface area contributed by atoms with Crippen molar-refractivity contribution >= 4 is 11.6 Å². The minimum Gasteiger partial charge on any atom is -0.388 e. The number of carbonyl (C=O) groups is 1. The van der Waals surface area contributed by atoms with Crippen molar-refractivity contribution in [3.63, 3.8) is 0 Å². The summed E-state index contributed by atoms with van der Waals surface area (Å²) in [5.74, 6) is -0.172. The number of carbonyl (C=O) groups excluding carboxylic acids is 1. The summed E-state index contributed by atoms with van der Waals surface area (Å²) >= 11 is 0. The topological polar surface area (TPSA) is 40.5 Å². The zero-order valence-electron chi connectivity index (χ0n) is 10.2. The Hall–Kier alpha value is -1.61. The van der Waals surface area contributed by atoms with Crippen LogP contribution in [-0.2, 0) is 4.79 Å². The zero-order chi connectivity index (χ0) is 12.6. The fraction of sp³-hybridized carbons (Fsp3) is 0.357. The molecule has 1 atom stereocenters. The highest BCUT2D eigenvalue weighted by Crippen LogP contribution is 2.25. The maximum atomic E-state index is 12.0. The maximum absolute atomic E-state index is 12.0. The molecule has 1 amide bonds. The van der Waals surface area contributed by atoms with E-state index in [1.165, 1.54) is 0 Å². The second-order valence-electron chi connectivity index (χ2n) is 4.63. The maximum Gasteiger partial charge on any atom is 0.256 e. The molecule has 0 aliphatic carbocycles. The third-order valence-electron chi connectivity index (χ3n) is 3.07. The van der Waals surface area contributed by atoms with Crippen molar-refractivity contribution in [1.82, 2.24) is 0 Å². The first kappa shape index (κ1) is 11.9. The van der Waals surface area contributed by atoms with E-state index in [0.717, 1.165) is 16.8 Å². The number of rotatable bonds is 1. The summed E-state index contributed by atoms with van der Waals surface area (Å²) in [5, 5.41) is 9.57. The number of hydrogen-bond acceptors (Lipinski definition) is 2. The Labute approximate surface area is 101 Å². The predicted octanol–water partition coefficient (Wildman–Crippen LogP) is 1.96. The normalized spacial score (nSPS) is 20.9. The van der Waals surface area contributed by atoms with Gasteiger partial charge in [-0.05, 0) is 43.5 Å².